The van der Waals surface area contributed by atoms with Crippen LogP contribution in [0.1, 0.15) is 31.9 Å². The minimum Gasteiger partial charge on any atom is -0.295 e. The van der Waals surface area contributed by atoms with Gasteiger partial charge in [-0.05, 0) is 46.9 Å². The number of sulfone groups is 1. The Hall–Kier alpha value is -2.57. The van der Waals surface area contributed by atoms with Crippen LogP contribution in [0.2, 0.25) is 5.02 Å². The smallest absolute Gasteiger partial charge is 0.274 e. The summed E-state index contributed by atoms with van der Waals surface area (Å²) in [4.78, 5) is 12.7. The van der Waals surface area contributed by atoms with Crippen molar-refractivity contribution in [1.29, 1.82) is 0 Å². The van der Waals surface area contributed by atoms with Crippen molar-refractivity contribution in [1.82, 2.24) is 9.78 Å². The topological polar surface area (TPSA) is 71.9 Å². The molecular weight excluding hydrogens is 408 g/mol. The molecule has 0 bridgehead atoms. The molecule has 3 rings (SSSR count). The molecule has 1 aromatic heterocycles. The molecule has 0 unspecified atom stereocenters. The van der Waals surface area contributed by atoms with Gasteiger partial charge in [-0.25, -0.2) is 8.42 Å². The quantitative estimate of drug-likeness (QED) is 0.694. The fraction of sp³-hybridized carbons (Fsp3) is 0.227. The van der Waals surface area contributed by atoms with Crippen molar-refractivity contribution in [2.45, 2.75) is 31.1 Å². The van der Waals surface area contributed by atoms with Crippen LogP contribution < -0.4 is 16.1 Å². The first kappa shape index (κ1) is 21.1. The van der Waals surface area contributed by atoms with Gasteiger partial charge < -0.3 is 0 Å². The normalized spacial score (nSPS) is 13.8. The molecule has 29 heavy (non-hydrogen) atoms. The Balaban J connectivity index is 2.15. The minimum absolute atomic E-state index is 0.0222. The van der Waals surface area contributed by atoms with Gasteiger partial charge in [0.15, 0.2) is 0 Å². The molecule has 0 fully saturated rings. The molecule has 1 heterocycles. The molecule has 0 aliphatic heterocycles. The van der Waals surface area contributed by atoms with E-state index in [9.17, 15) is 13.2 Å². The summed E-state index contributed by atoms with van der Waals surface area (Å²) in [6.07, 6.45) is 1.69. The minimum atomic E-state index is -3.76. The summed E-state index contributed by atoms with van der Waals surface area (Å²) in [6, 6.07) is 13.8. The van der Waals surface area contributed by atoms with E-state index in [1.165, 1.54) is 34.5 Å². The molecule has 0 atom stereocenters. The lowest BCUT2D eigenvalue weighted by Crippen LogP contribution is -2.35. The van der Waals surface area contributed by atoms with E-state index in [4.69, 9.17) is 11.6 Å². The molecule has 1 N–H and O–H groups in total. The predicted octanol–water partition coefficient (Wildman–Crippen LogP) is 2.71. The van der Waals surface area contributed by atoms with Crippen LogP contribution in [0.4, 0.5) is 0 Å². The van der Waals surface area contributed by atoms with Gasteiger partial charge in [0.05, 0.1) is 20.9 Å². The largest absolute Gasteiger partial charge is 0.295 e. The summed E-state index contributed by atoms with van der Waals surface area (Å²) in [5, 5.41) is 4.86. The molecule has 2 aromatic carbocycles. The fourth-order valence-corrected chi connectivity index (χ4v) is 4.18. The number of benzene rings is 2. The summed E-state index contributed by atoms with van der Waals surface area (Å²) in [5.74, 6) is 0. The van der Waals surface area contributed by atoms with E-state index in [1.807, 2.05) is 24.3 Å². The third kappa shape index (κ3) is 4.71. The van der Waals surface area contributed by atoms with Crippen molar-refractivity contribution >= 4 is 32.9 Å². The summed E-state index contributed by atoms with van der Waals surface area (Å²) >= 11 is 5.84. The van der Waals surface area contributed by atoms with Crippen LogP contribution in [0.15, 0.2) is 58.2 Å². The zero-order chi connectivity index (χ0) is 21.4. The van der Waals surface area contributed by atoms with Gasteiger partial charge >= 0.3 is 0 Å². The Morgan fingerprint density at radius 1 is 1.00 bits per heavy atom. The van der Waals surface area contributed by atoms with Crippen molar-refractivity contribution in [3.63, 3.8) is 0 Å². The second-order valence-electron chi connectivity index (χ2n) is 7.94. The second-order valence-corrected chi connectivity index (χ2v) is 10.2. The van der Waals surface area contributed by atoms with Gasteiger partial charge in [-0.3, -0.25) is 14.6 Å². The highest BCUT2D eigenvalue weighted by Crippen LogP contribution is 2.22. The fourth-order valence-electron chi connectivity index (χ4n) is 2.91. The van der Waals surface area contributed by atoms with E-state index in [1.54, 1.807) is 13.1 Å². The molecule has 152 valence electrons. The van der Waals surface area contributed by atoms with Gasteiger partial charge in [-0.15, -0.1) is 0 Å². The second kappa shape index (κ2) is 7.69. The number of nitrogens with zero attached hydrogens (tertiary/aromatic N) is 1. The molecule has 0 saturated carbocycles. The van der Waals surface area contributed by atoms with Gasteiger partial charge in [0, 0.05) is 12.1 Å². The van der Waals surface area contributed by atoms with Crippen LogP contribution in [0, 0.1) is 0 Å². The Labute approximate surface area is 174 Å². The van der Waals surface area contributed by atoms with E-state index in [0.29, 0.717) is 5.02 Å². The number of rotatable bonds is 3. The molecule has 0 spiro atoms. The van der Waals surface area contributed by atoms with Crippen LogP contribution >= 0.6 is 11.6 Å². The number of halogens is 1. The summed E-state index contributed by atoms with van der Waals surface area (Å²) < 4.78 is 26.8. The number of aryl methyl sites for hydroxylation is 1. The molecule has 7 heteroatoms. The summed E-state index contributed by atoms with van der Waals surface area (Å²) in [5.41, 5.74) is 1.71. The molecular formula is C22H23ClN2O3S. The van der Waals surface area contributed by atoms with E-state index in [2.05, 4.69) is 25.9 Å². The van der Waals surface area contributed by atoms with Crippen molar-refractivity contribution < 1.29 is 8.42 Å². The summed E-state index contributed by atoms with van der Waals surface area (Å²) in [7, 11) is -2.21. The van der Waals surface area contributed by atoms with Gasteiger partial charge in [0.25, 0.3) is 5.56 Å². The number of aromatic amines is 1. The van der Waals surface area contributed by atoms with E-state index in [0.717, 1.165) is 11.0 Å². The number of nitrogens with one attached hydrogen (secondary N) is 1. The number of aromatic nitrogens is 2. The lowest BCUT2D eigenvalue weighted by molar-refractivity contribution is 0.590. The number of hydrogen-bond acceptors (Lipinski definition) is 3. The maximum absolute atomic E-state index is 12.7. The van der Waals surface area contributed by atoms with E-state index < -0.39 is 9.84 Å². The van der Waals surface area contributed by atoms with Gasteiger partial charge in [0.2, 0.25) is 9.84 Å². The lowest BCUT2D eigenvalue weighted by Gasteiger charge is -2.18. The summed E-state index contributed by atoms with van der Waals surface area (Å²) in [6.45, 7) is 6.38. The molecule has 0 amide bonds. The maximum Gasteiger partial charge on any atom is 0.274 e. The molecule has 0 saturated heterocycles. The van der Waals surface area contributed by atoms with E-state index in [-0.39, 0.29) is 26.4 Å². The van der Waals surface area contributed by atoms with Crippen LogP contribution in [-0.4, -0.2) is 18.2 Å². The van der Waals surface area contributed by atoms with Gasteiger partial charge in [-0.1, -0.05) is 56.6 Å². The van der Waals surface area contributed by atoms with Crippen molar-refractivity contribution in [3.05, 3.63) is 85.6 Å². The Morgan fingerprint density at radius 2 is 1.59 bits per heavy atom. The first-order valence-electron chi connectivity index (χ1n) is 9.07. The molecule has 0 aliphatic carbocycles. The first-order chi connectivity index (χ1) is 13.5. The predicted molar refractivity (Wildman–Crippen MR) is 117 cm³/mol. The van der Waals surface area contributed by atoms with Crippen LogP contribution in [0.3, 0.4) is 0 Å². The van der Waals surface area contributed by atoms with Crippen molar-refractivity contribution in [2.24, 2.45) is 7.05 Å². The SMILES string of the molecule is Cn1[nH]c(=C\S(=O)(=O)c2ccc(Cl)cc2)/c(=C\c2ccc(C(C)(C)C)cc2)c1=O. The van der Waals surface area contributed by atoms with E-state index >= 15 is 0 Å². The lowest BCUT2D eigenvalue weighted by atomic mass is 9.87. The maximum atomic E-state index is 12.7. The zero-order valence-corrected chi connectivity index (χ0v) is 18.3. The van der Waals surface area contributed by atoms with Crippen LogP contribution in [0.5, 0.6) is 0 Å². The third-order valence-corrected chi connectivity index (χ3v) is 6.34. The average molecular weight is 431 g/mol. The monoisotopic (exact) mass is 430 g/mol. The van der Waals surface area contributed by atoms with Gasteiger partial charge in [0.1, 0.15) is 0 Å². The Bertz CT molecular complexity index is 1310. The standard InChI is InChI=1S/C22H23ClN2O3S/c1-22(2,3)16-7-5-15(6-8-16)13-19-20(24-25(4)21(19)26)14-29(27,28)18-11-9-17(23)10-12-18/h5-14,24H,1-4H3/b19-13+,20-14-. The van der Waals surface area contributed by atoms with Gasteiger partial charge in [-0.2, -0.15) is 0 Å². The first-order valence-corrected chi connectivity index (χ1v) is 11.0. The Kier molecular flexibility index (Phi) is 5.61. The Morgan fingerprint density at radius 3 is 2.14 bits per heavy atom. The van der Waals surface area contributed by atoms with Crippen LogP contribution in [-0.2, 0) is 22.3 Å². The number of hydrogen-bond donors (Lipinski definition) is 1. The van der Waals surface area contributed by atoms with Crippen LogP contribution in [0.25, 0.3) is 11.5 Å². The molecule has 3 aromatic rings. The number of H-pyrrole nitrogens is 1. The molecule has 5 nitrogen and oxygen atoms in total. The highest BCUT2D eigenvalue weighted by atomic mass is 35.5. The third-order valence-electron chi connectivity index (χ3n) is 4.62. The highest BCUT2D eigenvalue weighted by molar-refractivity contribution is 7.98. The highest BCUT2D eigenvalue weighted by Gasteiger charge is 2.14. The van der Waals surface area contributed by atoms with Crippen molar-refractivity contribution in [2.75, 3.05) is 0 Å². The zero-order valence-electron chi connectivity index (χ0n) is 16.7. The van der Waals surface area contributed by atoms with Crippen molar-refractivity contribution in [3.8, 4) is 0 Å². The molecule has 0 aliphatic rings. The molecule has 0 radical (unpaired) electrons. The average Bonchev–Trinajstić information content (AvgIpc) is 2.89.